The van der Waals surface area contributed by atoms with Crippen molar-refractivity contribution in [3.8, 4) is 22.8 Å². The third kappa shape index (κ3) is 3.01. The molecule has 2 heterocycles. The van der Waals surface area contributed by atoms with E-state index in [0.717, 1.165) is 32.3 Å². The number of pyridine rings is 2. The van der Waals surface area contributed by atoms with E-state index in [-0.39, 0.29) is 0 Å². The third-order valence-corrected chi connectivity index (χ3v) is 4.25. The van der Waals surface area contributed by atoms with E-state index in [1.165, 1.54) is 0 Å². The van der Waals surface area contributed by atoms with E-state index in [1.54, 1.807) is 12.4 Å². The zero-order valence-corrected chi connectivity index (χ0v) is 14.3. The molecule has 0 aliphatic carbocycles. The predicted molar refractivity (Wildman–Crippen MR) is 99.2 cm³/mol. The Morgan fingerprint density at radius 2 is 1.67 bits per heavy atom. The van der Waals surface area contributed by atoms with E-state index in [1.807, 2.05) is 54.6 Å². The lowest BCUT2D eigenvalue weighted by atomic mass is 10.1. The lowest BCUT2D eigenvalue weighted by molar-refractivity contribution is 0.467. The van der Waals surface area contributed by atoms with Crippen LogP contribution in [0.15, 0.2) is 83.6 Å². The molecule has 116 valence electrons. The first-order valence-corrected chi connectivity index (χ1v) is 8.32. The number of hydrogen-bond acceptors (Lipinski definition) is 3. The number of hydrogen-bond donors (Lipinski definition) is 0. The molecule has 0 saturated heterocycles. The number of nitrogens with zero attached hydrogens (tertiary/aromatic N) is 2. The molecule has 0 saturated carbocycles. The minimum atomic E-state index is 0.556. The number of benzene rings is 2. The first kappa shape index (κ1) is 14.8. The van der Waals surface area contributed by atoms with Crippen molar-refractivity contribution in [3.63, 3.8) is 0 Å². The number of ether oxygens (including phenoxy) is 1. The van der Waals surface area contributed by atoms with Crippen LogP contribution in [0.1, 0.15) is 0 Å². The highest BCUT2D eigenvalue weighted by molar-refractivity contribution is 9.10. The minimum Gasteiger partial charge on any atom is -0.438 e. The van der Waals surface area contributed by atoms with Crippen molar-refractivity contribution in [2.75, 3.05) is 0 Å². The fraction of sp³-hybridized carbons (Fsp3) is 0. The number of para-hydroxylation sites is 1. The minimum absolute atomic E-state index is 0.556. The summed E-state index contributed by atoms with van der Waals surface area (Å²) in [6, 6.07) is 21.9. The van der Waals surface area contributed by atoms with Gasteiger partial charge in [-0.3, -0.25) is 4.98 Å². The lowest BCUT2D eigenvalue weighted by Gasteiger charge is -2.11. The highest BCUT2D eigenvalue weighted by Crippen LogP contribution is 2.33. The Labute approximate surface area is 148 Å². The van der Waals surface area contributed by atoms with Crippen LogP contribution in [0.3, 0.4) is 0 Å². The van der Waals surface area contributed by atoms with Crippen molar-refractivity contribution in [2.24, 2.45) is 0 Å². The molecule has 2 aromatic heterocycles. The van der Waals surface area contributed by atoms with Crippen LogP contribution in [-0.4, -0.2) is 9.97 Å². The molecular weight excluding hydrogens is 364 g/mol. The molecule has 0 unspecified atom stereocenters. The van der Waals surface area contributed by atoms with Crippen molar-refractivity contribution in [2.45, 2.75) is 0 Å². The molecule has 4 aromatic rings. The van der Waals surface area contributed by atoms with E-state index in [4.69, 9.17) is 4.74 Å². The fourth-order valence-electron chi connectivity index (χ4n) is 2.54. The van der Waals surface area contributed by atoms with Gasteiger partial charge in [-0.2, -0.15) is 0 Å². The predicted octanol–water partition coefficient (Wildman–Crippen LogP) is 5.85. The van der Waals surface area contributed by atoms with Gasteiger partial charge in [0, 0.05) is 27.7 Å². The molecule has 0 bridgehead atoms. The zero-order chi connectivity index (χ0) is 16.4. The Kier molecular flexibility index (Phi) is 3.97. The van der Waals surface area contributed by atoms with Crippen molar-refractivity contribution < 1.29 is 4.74 Å². The van der Waals surface area contributed by atoms with E-state index in [0.29, 0.717) is 5.88 Å². The van der Waals surface area contributed by atoms with Gasteiger partial charge in [-0.1, -0.05) is 46.3 Å². The van der Waals surface area contributed by atoms with Crippen LogP contribution in [0, 0.1) is 0 Å². The maximum absolute atomic E-state index is 6.05. The maximum atomic E-state index is 6.05. The largest absolute Gasteiger partial charge is 0.438 e. The van der Waals surface area contributed by atoms with Gasteiger partial charge in [0.05, 0.1) is 11.7 Å². The molecule has 4 rings (SSSR count). The van der Waals surface area contributed by atoms with Gasteiger partial charge in [0.25, 0.3) is 0 Å². The van der Waals surface area contributed by atoms with Crippen LogP contribution in [0.25, 0.3) is 22.0 Å². The van der Waals surface area contributed by atoms with E-state index < -0.39 is 0 Å². The monoisotopic (exact) mass is 376 g/mol. The molecule has 3 nitrogen and oxygen atoms in total. The quantitative estimate of drug-likeness (QED) is 0.449. The Morgan fingerprint density at radius 3 is 2.54 bits per heavy atom. The number of halogens is 1. The molecule has 0 aliphatic heterocycles. The molecular formula is C20H13BrN2O. The second kappa shape index (κ2) is 6.42. The van der Waals surface area contributed by atoms with Gasteiger partial charge >= 0.3 is 0 Å². The van der Waals surface area contributed by atoms with Gasteiger partial charge < -0.3 is 4.74 Å². The summed E-state index contributed by atoms with van der Waals surface area (Å²) in [4.78, 5) is 8.64. The zero-order valence-electron chi connectivity index (χ0n) is 12.7. The van der Waals surface area contributed by atoms with E-state index >= 15 is 0 Å². The van der Waals surface area contributed by atoms with E-state index in [2.05, 4.69) is 38.0 Å². The first-order chi connectivity index (χ1) is 11.8. The standard InChI is InChI=1S/C20H13BrN2O/c21-16-8-5-14(6-9-16)17-3-1-2-4-19(17)24-20-10-7-15-11-12-22-13-18(15)23-20/h1-13H. The van der Waals surface area contributed by atoms with Crippen molar-refractivity contribution in [3.05, 3.63) is 83.6 Å². The summed E-state index contributed by atoms with van der Waals surface area (Å²) >= 11 is 3.47. The van der Waals surface area contributed by atoms with Gasteiger partial charge in [-0.15, -0.1) is 0 Å². The second-order valence-corrected chi connectivity index (χ2v) is 6.24. The number of rotatable bonds is 3. The van der Waals surface area contributed by atoms with Crippen molar-refractivity contribution >= 4 is 26.8 Å². The molecule has 24 heavy (non-hydrogen) atoms. The number of fused-ring (bicyclic) bond motifs is 1. The first-order valence-electron chi connectivity index (χ1n) is 7.53. The lowest BCUT2D eigenvalue weighted by Crippen LogP contribution is -1.91. The van der Waals surface area contributed by atoms with Crippen LogP contribution in [-0.2, 0) is 0 Å². The second-order valence-electron chi connectivity index (χ2n) is 5.32. The molecule has 0 amide bonds. The molecule has 4 heteroatoms. The summed E-state index contributed by atoms with van der Waals surface area (Å²) in [5.74, 6) is 1.33. The molecule has 0 radical (unpaired) electrons. The van der Waals surface area contributed by atoms with Crippen molar-refractivity contribution in [1.29, 1.82) is 0 Å². The highest BCUT2D eigenvalue weighted by Gasteiger charge is 2.08. The Morgan fingerprint density at radius 1 is 0.833 bits per heavy atom. The average Bonchev–Trinajstić information content (AvgIpc) is 2.63. The van der Waals surface area contributed by atoms with Gasteiger partial charge in [0.1, 0.15) is 5.75 Å². The normalized spacial score (nSPS) is 10.7. The summed E-state index contributed by atoms with van der Waals surface area (Å²) in [5, 5.41) is 1.04. The summed E-state index contributed by atoms with van der Waals surface area (Å²) < 4.78 is 7.10. The topological polar surface area (TPSA) is 35.0 Å². The number of aromatic nitrogens is 2. The molecule has 0 N–H and O–H groups in total. The Balaban J connectivity index is 1.72. The maximum Gasteiger partial charge on any atom is 0.219 e. The van der Waals surface area contributed by atoms with Crippen LogP contribution < -0.4 is 4.74 Å². The van der Waals surface area contributed by atoms with Gasteiger partial charge in [0.15, 0.2) is 0 Å². The fourth-order valence-corrected chi connectivity index (χ4v) is 2.81. The van der Waals surface area contributed by atoms with Crippen LogP contribution in [0.4, 0.5) is 0 Å². The third-order valence-electron chi connectivity index (χ3n) is 3.73. The van der Waals surface area contributed by atoms with Gasteiger partial charge in [-0.05, 0) is 35.9 Å². The summed E-state index contributed by atoms with van der Waals surface area (Å²) in [6.07, 6.45) is 3.50. The summed E-state index contributed by atoms with van der Waals surface area (Å²) in [7, 11) is 0. The summed E-state index contributed by atoms with van der Waals surface area (Å²) in [5.41, 5.74) is 2.94. The van der Waals surface area contributed by atoms with Crippen LogP contribution >= 0.6 is 15.9 Å². The SMILES string of the molecule is Brc1ccc(-c2ccccc2Oc2ccc3ccncc3n2)cc1. The summed E-state index contributed by atoms with van der Waals surface area (Å²) in [6.45, 7) is 0. The highest BCUT2D eigenvalue weighted by atomic mass is 79.9. The van der Waals surface area contributed by atoms with Crippen LogP contribution in [0.5, 0.6) is 11.6 Å². The molecule has 0 fully saturated rings. The van der Waals surface area contributed by atoms with Crippen molar-refractivity contribution in [1.82, 2.24) is 9.97 Å². The van der Waals surface area contributed by atoms with Crippen LogP contribution in [0.2, 0.25) is 0 Å². The van der Waals surface area contributed by atoms with Gasteiger partial charge in [-0.25, -0.2) is 4.98 Å². The molecule has 0 aliphatic rings. The Bertz CT molecular complexity index is 1000. The smallest absolute Gasteiger partial charge is 0.219 e. The molecule has 2 aromatic carbocycles. The molecule has 0 atom stereocenters. The molecule has 0 spiro atoms. The van der Waals surface area contributed by atoms with E-state index in [9.17, 15) is 0 Å². The van der Waals surface area contributed by atoms with Gasteiger partial charge in [0.2, 0.25) is 5.88 Å². The Hall–Kier alpha value is -2.72. The average molecular weight is 377 g/mol.